The predicted octanol–water partition coefficient (Wildman–Crippen LogP) is 3.50. The van der Waals surface area contributed by atoms with Crippen LogP contribution in [-0.2, 0) is 6.54 Å². The van der Waals surface area contributed by atoms with Crippen molar-refractivity contribution in [2.75, 3.05) is 11.9 Å². The van der Waals surface area contributed by atoms with Crippen LogP contribution in [0.1, 0.15) is 28.4 Å². The van der Waals surface area contributed by atoms with E-state index in [2.05, 4.69) is 10.6 Å². The molecule has 110 valence electrons. The van der Waals surface area contributed by atoms with E-state index in [1.54, 1.807) is 25.1 Å². The molecule has 0 atom stereocenters. The quantitative estimate of drug-likeness (QED) is 0.883. The van der Waals surface area contributed by atoms with Gasteiger partial charge in [0.1, 0.15) is 5.82 Å². The Morgan fingerprint density at radius 1 is 1.19 bits per heavy atom. The maximum atomic E-state index is 13.5. The van der Waals surface area contributed by atoms with Gasteiger partial charge in [-0.15, -0.1) is 0 Å². The van der Waals surface area contributed by atoms with Crippen LogP contribution in [0.2, 0.25) is 0 Å². The summed E-state index contributed by atoms with van der Waals surface area (Å²) in [4.78, 5) is 11.8. The minimum atomic E-state index is -0.203. The van der Waals surface area contributed by atoms with Crippen LogP contribution in [-0.4, -0.2) is 12.5 Å². The molecular weight excluding hydrogens is 267 g/mol. The fourth-order valence-electron chi connectivity index (χ4n) is 1.98. The third-order valence-electron chi connectivity index (χ3n) is 3.19. The van der Waals surface area contributed by atoms with Crippen LogP contribution in [0.4, 0.5) is 10.1 Å². The van der Waals surface area contributed by atoms with E-state index in [0.717, 1.165) is 11.3 Å². The Balaban J connectivity index is 2.04. The number of benzene rings is 2. The standard InChI is InChI=1S/C17H19FN2O/c1-3-19-17(21)14-5-4-6-15(10-14)20-11-13-8-7-12(2)16(18)9-13/h4-10,20H,3,11H2,1-2H3,(H,19,21). The number of hydrogen-bond donors (Lipinski definition) is 2. The van der Waals surface area contributed by atoms with Crippen molar-refractivity contribution < 1.29 is 9.18 Å². The lowest BCUT2D eigenvalue weighted by Gasteiger charge is -2.09. The molecule has 0 fully saturated rings. The second-order valence-electron chi connectivity index (χ2n) is 4.88. The zero-order valence-corrected chi connectivity index (χ0v) is 12.2. The molecule has 0 aromatic heterocycles. The van der Waals surface area contributed by atoms with Crippen LogP contribution >= 0.6 is 0 Å². The van der Waals surface area contributed by atoms with E-state index in [-0.39, 0.29) is 11.7 Å². The summed E-state index contributed by atoms with van der Waals surface area (Å²) in [6.07, 6.45) is 0. The van der Waals surface area contributed by atoms with Crippen molar-refractivity contribution >= 4 is 11.6 Å². The lowest BCUT2D eigenvalue weighted by atomic mass is 10.1. The molecule has 0 unspecified atom stereocenters. The van der Waals surface area contributed by atoms with E-state index >= 15 is 0 Å². The summed E-state index contributed by atoms with van der Waals surface area (Å²) < 4.78 is 13.5. The van der Waals surface area contributed by atoms with E-state index < -0.39 is 0 Å². The van der Waals surface area contributed by atoms with Gasteiger partial charge in [0, 0.05) is 24.3 Å². The number of carbonyl (C=O) groups excluding carboxylic acids is 1. The number of aryl methyl sites for hydroxylation is 1. The van der Waals surface area contributed by atoms with Gasteiger partial charge in [-0.3, -0.25) is 4.79 Å². The van der Waals surface area contributed by atoms with Crippen molar-refractivity contribution in [3.63, 3.8) is 0 Å². The molecule has 0 aliphatic heterocycles. The summed E-state index contributed by atoms with van der Waals surface area (Å²) >= 11 is 0. The number of nitrogens with one attached hydrogen (secondary N) is 2. The zero-order valence-electron chi connectivity index (χ0n) is 12.2. The van der Waals surface area contributed by atoms with E-state index in [1.165, 1.54) is 6.07 Å². The highest BCUT2D eigenvalue weighted by molar-refractivity contribution is 5.95. The minimum absolute atomic E-state index is 0.0949. The molecule has 0 heterocycles. The van der Waals surface area contributed by atoms with Crippen molar-refractivity contribution in [3.8, 4) is 0 Å². The SMILES string of the molecule is CCNC(=O)c1cccc(NCc2ccc(C)c(F)c2)c1. The zero-order chi connectivity index (χ0) is 15.2. The Morgan fingerprint density at radius 2 is 2.00 bits per heavy atom. The molecule has 0 aliphatic carbocycles. The monoisotopic (exact) mass is 286 g/mol. The van der Waals surface area contributed by atoms with E-state index in [4.69, 9.17) is 0 Å². The fraction of sp³-hybridized carbons (Fsp3) is 0.235. The molecule has 2 rings (SSSR count). The average molecular weight is 286 g/mol. The van der Waals surface area contributed by atoms with Crippen LogP contribution < -0.4 is 10.6 Å². The highest BCUT2D eigenvalue weighted by Crippen LogP contribution is 2.14. The molecule has 0 radical (unpaired) electrons. The first-order valence-electron chi connectivity index (χ1n) is 6.97. The van der Waals surface area contributed by atoms with E-state index in [9.17, 15) is 9.18 Å². The van der Waals surface area contributed by atoms with Gasteiger partial charge < -0.3 is 10.6 Å². The number of amides is 1. The van der Waals surface area contributed by atoms with Gasteiger partial charge in [0.25, 0.3) is 5.91 Å². The summed E-state index contributed by atoms with van der Waals surface area (Å²) in [7, 11) is 0. The largest absolute Gasteiger partial charge is 0.381 e. The highest BCUT2D eigenvalue weighted by atomic mass is 19.1. The van der Waals surface area contributed by atoms with Crippen LogP contribution in [0.15, 0.2) is 42.5 Å². The summed E-state index contributed by atoms with van der Waals surface area (Å²) in [5.74, 6) is -0.298. The summed E-state index contributed by atoms with van der Waals surface area (Å²) in [5.41, 5.74) is 2.94. The molecule has 1 amide bonds. The number of hydrogen-bond acceptors (Lipinski definition) is 2. The number of anilines is 1. The topological polar surface area (TPSA) is 41.1 Å². The van der Waals surface area contributed by atoms with Crippen molar-refractivity contribution in [2.24, 2.45) is 0 Å². The molecule has 0 saturated carbocycles. The molecule has 2 aromatic rings. The molecule has 2 N–H and O–H groups in total. The van der Waals surface area contributed by atoms with Gasteiger partial charge in [0.05, 0.1) is 0 Å². The third-order valence-corrected chi connectivity index (χ3v) is 3.19. The summed E-state index contributed by atoms with van der Waals surface area (Å²) in [6.45, 7) is 4.73. The van der Waals surface area contributed by atoms with E-state index in [0.29, 0.717) is 24.2 Å². The molecule has 0 saturated heterocycles. The van der Waals surface area contributed by atoms with Crippen molar-refractivity contribution in [1.29, 1.82) is 0 Å². The summed E-state index contributed by atoms with van der Waals surface area (Å²) in [6, 6.07) is 12.4. The van der Waals surface area contributed by atoms with Gasteiger partial charge in [-0.1, -0.05) is 18.2 Å². The Kier molecular flexibility index (Phi) is 4.93. The van der Waals surface area contributed by atoms with Gasteiger partial charge in [-0.2, -0.15) is 0 Å². The van der Waals surface area contributed by atoms with Gasteiger partial charge in [0.15, 0.2) is 0 Å². The van der Waals surface area contributed by atoms with Crippen LogP contribution in [0.5, 0.6) is 0 Å². The Morgan fingerprint density at radius 3 is 2.71 bits per heavy atom. The average Bonchev–Trinajstić information content (AvgIpc) is 2.49. The maximum absolute atomic E-state index is 13.5. The number of halogens is 1. The lowest BCUT2D eigenvalue weighted by molar-refractivity contribution is 0.0956. The van der Waals surface area contributed by atoms with Gasteiger partial charge in [0.2, 0.25) is 0 Å². The highest BCUT2D eigenvalue weighted by Gasteiger charge is 2.05. The third kappa shape index (κ3) is 4.05. The van der Waals surface area contributed by atoms with Gasteiger partial charge in [-0.05, 0) is 49.2 Å². The fourth-order valence-corrected chi connectivity index (χ4v) is 1.98. The molecule has 0 aliphatic rings. The molecule has 21 heavy (non-hydrogen) atoms. The van der Waals surface area contributed by atoms with Gasteiger partial charge >= 0.3 is 0 Å². The first kappa shape index (κ1) is 15.0. The lowest BCUT2D eigenvalue weighted by Crippen LogP contribution is -2.22. The summed E-state index contributed by atoms with van der Waals surface area (Å²) in [5, 5.41) is 5.96. The second kappa shape index (κ2) is 6.88. The molecule has 3 nitrogen and oxygen atoms in total. The van der Waals surface area contributed by atoms with E-state index in [1.807, 2.05) is 25.1 Å². The first-order chi connectivity index (χ1) is 10.1. The normalized spacial score (nSPS) is 10.2. The minimum Gasteiger partial charge on any atom is -0.381 e. The Hall–Kier alpha value is -2.36. The van der Waals surface area contributed by atoms with Crippen molar-refractivity contribution in [3.05, 3.63) is 65.0 Å². The van der Waals surface area contributed by atoms with Crippen LogP contribution in [0.25, 0.3) is 0 Å². The molecule has 2 aromatic carbocycles. The first-order valence-corrected chi connectivity index (χ1v) is 6.97. The molecule has 4 heteroatoms. The second-order valence-corrected chi connectivity index (χ2v) is 4.88. The predicted molar refractivity (Wildman–Crippen MR) is 82.9 cm³/mol. The molecular formula is C17H19FN2O. The maximum Gasteiger partial charge on any atom is 0.251 e. The van der Waals surface area contributed by atoms with Crippen LogP contribution in [0, 0.1) is 12.7 Å². The van der Waals surface area contributed by atoms with Crippen LogP contribution in [0.3, 0.4) is 0 Å². The van der Waals surface area contributed by atoms with Gasteiger partial charge in [-0.25, -0.2) is 4.39 Å². The molecule has 0 spiro atoms. The van der Waals surface area contributed by atoms with Crippen molar-refractivity contribution in [2.45, 2.75) is 20.4 Å². The Labute approximate surface area is 124 Å². The number of rotatable bonds is 5. The van der Waals surface area contributed by atoms with Crippen molar-refractivity contribution in [1.82, 2.24) is 5.32 Å². The number of carbonyl (C=O) groups is 1. The smallest absolute Gasteiger partial charge is 0.251 e. The molecule has 0 bridgehead atoms. The Bertz CT molecular complexity index is 640.